The Morgan fingerprint density at radius 2 is 1.77 bits per heavy atom. The van der Waals surface area contributed by atoms with E-state index in [-0.39, 0.29) is 42.9 Å². The first-order chi connectivity index (χ1) is 13.7. The van der Waals surface area contributed by atoms with Gasteiger partial charge in [0.05, 0.1) is 11.9 Å². The summed E-state index contributed by atoms with van der Waals surface area (Å²) in [5.41, 5.74) is 0.999. The quantitative estimate of drug-likeness (QED) is 0.717. The zero-order chi connectivity index (χ0) is 19.3. The number of carbonyl (C=O) groups excluding carboxylic acids is 2. The second kappa shape index (κ2) is 12.0. The van der Waals surface area contributed by atoms with Crippen molar-refractivity contribution < 1.29 is 14.3 Å². The van der Waals surface area contributed by atoms with Crippen molar-refractivity contribution in [2.75, 3.05) is 50.9 Å². The van der Waals surface area contributed by atoms with Crippen LogP contribution in [0, 0.1) is 0 Å². The Kier molecular flexibility index (Phi) is 10.0. The van der Waals surface area contributed by atoms with Crippen LogP contribution in [-0.2, 0) is 16.1 Å². The van der Waals surface area contributed by atoms with Gasteiger partial charge in [0, 0.05) is 51.1 Å². The molecule has 3 aliphatic rings. The maximum Gasteiger partial charge on any atom is 0.410 e. The number of hydrogen-bond acceptors (Lipinski definition) is 6. The molecule has 3 heterocycles. The number of rotatable bonds is 4. The van der Waals surface area contributed by atoms with Gasteiger partial charge in [-0.1, -0.05) is 30.3 Å². The van der Waals surface area contributed by atoms with Gasteiger partial charge in [-0.2, -0.15) is 0 Å². The molecule has 30 heavy (non-hydrogen) atoms. The van der Waals surface area contributed by atoms with Gasteiger partial charge in [-0.25, -0.2) is 4.79 Å². The number of halogens is 2. The minimum Gasteiger partial charge on any atom is -0.445 e. The number of nitrogens with zero attached hydrogens (tertiary/aromatic N) is 3. The van der Waals surface area contributed by atoms with Gasteiger partial charge in [-0.3, -0.25) is 9.69 Å². The highest BCUT2D eigenvalue weighted by Gasteiger charge is 2.37. The van der Waals surface area contributed by atoms with E-state index in [1.54, 1.807) is 4.90 Å². The molecule has 1 aromatic carbocycles. The molecule has 0 aliphatic carbocycles. The largest absolute Gasteiger partial charge is 0.445 e. The molecule has 0 unspecified atom stereocenters. The third-order valence-corrected chi connectivity index (χ3v) is 6.73. The van der Waals surface area contributed by atoms with Crippen LogP contribution in [0.15, 0.2) is 30.3 Å². The molecule has 2 amide bonds. The first-order valence-corrected chi connectivity index (χ1v) is 11.2. The predicted molar refractivity (Wildman–Crippen MR) is 124 cm³/mol. The number of benzene rings is 1. The van der Waals surface area contributed by atoms with E-state index in [4.69, 9.17) is 4.74 Å². The Bertz CT molecular complexity index is 686. The van der Waals surface area contributed by atoms with Gasteiger partial charge in [-0.15, -0.1) is 36.6 Å². The molecule has 7 nitrogen and oxygen atoms in total. The molecule has 0 bridgehead atoms. The molecular formula is C20H30Cl2N4O3S. The van der Waals surface area contributed by atoms with Crippen molar-refractivity contribution in [3.05, 3.63) is 35.9 Å². The molecule has 1 aromatic rings. The zero-order valence-corrected chi connectivity index (χ0v) is 19.4. The number of nitrogens with one attached hydrogen (secondary N) is 1. The van der Waals surface area contributed by atoms with Gasteiger partial charge >= 0.3 is 6.09 Å². The van der Waals surface area contributed by atoms with Crippen molar-refractivity contribution in [3.8, 4) is 0 Å². The number of amides is 2. The normalized spacial score (nSPS) is 24.1. The third-order valence-electron chi connectivity index (χ3n) is 5.76. The molecule has 0 radical (unpaired) electrons. The first kappa shape index (κ1) is 25.1. The topological polar surface area (TPSA) is 65.1 Å². The molecule has 168 valence electrons. The second-order valence-corrected chi connectivity index (χ2v) is 8.63. The fourth-order valence-electron chi connectivity index (χ4n) is 4.07. The third kappa shape index (κ3) is 6.17. The number of hydrogen-bond donors (Lipinski definition) is 1. The summed E-state index contributed by atoms with van der Waals surface area (Å²) in [6.07, 6.45) is 0.617. The lowest BCUT2D eigenvalue weighted by molar-refractivity contribution is -0.131. The molecule has 2 atom stereocenters. The van der Waals surface area contributed by atoms with E-state index in [0.717, 1.165) is 49.8 Å². The lowest BCUT2D eigenvalue weighted by Crippen LogP contribution is -2.52. The Labute approximate surface area is 194 Å². The maximum absolute atomic E-state index is 12.6. The molecule has 10 heteroatoms. The number of carbonyl (C=O) groups is 2. The van der Waals surface area contributed by atoms with Gasteiger partial charge in [-0.05, 0) is 12.0 Å². The standard InChI is InChI=1S/C20H28N4O3S.2ClH/c25-19(24-10-11-28-15-24)18-12-17(13-21-18)22-6-8-23(9-7-22)20(26)27-14-16-4-2-1-3-5-16;;/h1-5,17-18,21H,6-15H2;2*1H/t17-,18-;;/m0../s1. The van der Waals surface area contributed by atoms with Crippen LogP contribution in [0.3, 0.4) is 0 Å². The van der Waals surface area contributed by atoms with Gasteiger partial charge in [0.15, 0.2) is 0 Å². The Balaban J connectivity index is 0.00000160. The molecule has 3 aliphatic heterocycles. The van der Waals surface area contributed by atoms with Crippen LogP contribution in [0.25, 0.3) is 0 Å². The van der Waals surface area contributed by atoms with E-state index in [2.05, 4.69) is 10.2 Å². The lowest BCUT2D eigenvalue weighted by atomic mass is 10.1. The molecule has 3 fully saturated rings. The highest BCUT2D eigenvalue weighted by Crippen LogP contribution is 2.21. The van der Waals surface area contributed by atoms with Crippen LogP contribution in [-0.4, -0.2) is 89.7 Å². The molecule has 0 aromatic heterocycles. The molecule has 4 rings (SSSR count). The smallest absolute Gasteiger partial charge is 0.410 e. The Hall–Kier alpha value is -1.19. The summed E-state index contributed by atoms with van der Waals surface area (Å²) in [5, 5.41) is 3.41. The summed E-state index contributed by atoms with van der Waals surface area (Å²) in [6, 6.07) is 10.1. The minimum atomic E-state index is -0.243. The molecular weight excluding hydrogens is 447 g/mol. The number of ether oxygens (including phenoxy) is 1. The van der Waals surface area contributed by atoms with E-state index in [1.165, 1.54) is 0 Å². The summed E-state index contributed by atoms with van der Waals surface area (Å²) in [4.78, 5) is 31.0. The second-order valence-electron chi connectivity index (χ2n) is 7.55. The lowest BCUT2D eigenvalue weighted by Gasteiger charge is -2.37. The average molecular weight is 477 g/mol. The zero-order valence-electron chi connectivity index (χ0n) is 16.9. The summed E-state index contributed by atoms with van der Waals surface area (Å²) in [7, 11) is 0. The van der Waals surface area contributed by atoms with Crippen molar-refractivity contribution in [1.82, 2.24) is 20.0 Å². The number of thioether (sulfide) groups is 1. The SMILES string of the molecule is Cl.Cl.O=C(OCc1ccccc1)N1CCN([C@@H]2CN[C@H](C(=O)N3CCSC3)C2)CC1. The van der Waals surface area contributed by atoms with Crippen LogP contribution < -0.4 is 5.32 Å². The Morgan fingerprint density at radius 1 is 1.03 bits per heavy atom. The molecule has 1 N–H and O–H groups in total. The summed E-state index contributed by atoms with van der Waals surface area (Å²) in [6.45, 7) is 5.02. The van der Waals surface area contributed by atoms with Crippen LogP contribution in [0.4, 0.5) is 4.79 Å². The Morgan fingerprint density at radius 3 is 2.43 bits per heavy atom. The predicted octanol–water partition coefficient (Wildman–Crippen LogP) is 2.05. The van der Waals surface area contributed by atoms with Crippen LogP contribution >= 0.6 is 36.6 Å². The minimum absolute atomic E-state index is 0. The summed E-state index contributed by atoms with van der Waals surface area (Å²) in [5.74, 6) is 2.12. The summed E-state index contributed by atoms with van der Waals surface area (Å²) >= 11 is 1.82. The van der Waals surface area contributed by atoms with Crippen molar-refractivity contribution in [3.63, 3.8) is 0 Å². The van der Waals surface area contributed by atoms with E-state index in [1.807, 2.05) is 47.0 Å². The van der Waals surface area contributed by atoms with E-state index in [9.17, 15) is 9.59 Å². The average Bonchev–Trinajstić information content (AvgIpc) is 3.45. The van der Waals surface area contributed by atoms with Gasteiger partial charge < -0.3 is 19.9 Å². The van der Waals surface area contributed by atoms with Crippen LogP contribution in [0.2, 0.25) is 0 Å². The van der Waals surface area contributed by atoms with E-state index < -0.39 is 0 Å². The first-order valence-electron chi connectivity index (χ1n) is 10.0. The highest BCUT2D eigenvalue weighted by molar-refractivity contribution is 7.99. The van der Waals surface area contributed by atoms with E-state index in [0.29, 0.717) is 25.7 Å². The fraction of sp³-hybridized carbons (Fsp3) is 0.600. The van der Waals surface area contributed by atoms with Gasteiger partial charge in [0.25, 0.3) is 0 Å². The van der Waals surface area contributed by atoms with Crippen LogP contribution in [0.1, 0.15) is 12.0 Å². The number of piperazine rings is 1. The van der Waals surface area contributed by atoms with Crippen LogP contribution in [0.5, 0.6) is 0 Å². The van der Waals surface area contributed by atoms with E-state index >= 15 is 0 Å². The maximum atomic E-state index is 12.6. The van der Waals surface area contributed by atoms with Crippen molar-refractivity contribution in [2.45, 2.75) is 25.1 Å². The van der Waals surface area contributed by atoms with Crippen molar-refractivity contribution in [1.29, 1.82) is 0 Å². The fourth-order valence-corrected chi connectivity index (χ4v) is 5.03. The monoisotopic (exact) mass is 476 g/mol. The molecule has 3 saturated heterocycles. The highest BCUT2D eigenvalue weighted by atomic mass is 35.5. The van der Waals surface area contributed by atoms with Gasteiger partial charge in [0.1, 0.15) is 6.61 Å². The summed E-state index contributed by atoms with van der Waals surface area (Å²) < 4.78 is 5.44. The van der Waals surface area contributed by atoms with Crippen molar-refractivity contribution >= 4 is 48.6 Å². The van der Waals surface area contributed by atoms with Crippen molar-refractivity contribution in [2.24, 2.45) is 0 Å². The molecule has 0 spiro atoms. The molecule has 0 saturated carbocycles. The van der Waals surface area contributed by atoms with Gasteiger partial charge in [0.2, 0.25) is 5.91 Å².